The van der Waals surface area contributed by atoms with Gasteiger partial charge in [0.15, 0.2) is 0 Å². The highest BCUT2D eigenvalue weighted by atomic mass is 35.5. The quantitative estimate of drug-likeness (QED) is 0.658. The fourth-order valence-electron chi connectivity index (χ4n) is 3.27. The summed E-state index contributed by atoms with van der Waals surface area (Å²) in [7, 11) is 0. The van der Waals surface area contributed by atoms with Crippen LogP contribution in [-0.4, -0.2) is 33.5 Å². The zero-order valence-corrected chi connectivity index (χ0v) is 16.7. The van der Waals surface area contributed by atoms with Crippen LogP contribution in [0.25, 0.3) is 0 Å². The highest BCUT2D eigenvalue weighted by molar-refractivity contribution is 7.13. The molecule has 1 atom stereocenters. The SMILES string of the molecule is O=C(Nc1cccc(Cl)c1)c1nnc([C@H]2CCCN2C(=O)c2ccccc2F)s1. The summed E-state index contributed by atoms with van der Waals surface area (Å²) >= 11 is 7.06. The van der Waals surface area contributed by atoms with Crippen LogP contribution in [0, 0.1) is 5.82 Å². The molecule has 1 aliphatic rings. The van der Waals surface area contributed by atoms with Gasteiger partial charge in [-0.2, -0.15) is 0 Å². The minimum atomic E-state index is -0.554. The predicted molar refractivity (Wildman–Crippen MR) is 109 cm³/mol. The van der Waals surface area contributed by atoms with Crippen LogP contribution >= 0.6 is 22.9 Å². The lowest BCUT2D eigenvalue weighted by Crippen LogP contribution is -2.31. The average Bonchev–Trinajstić information content (AvgIpc) is 3.37. The first-order valence-corrected chi connectivity index (χ1v) is 10.2. The molecule has 1 N–H and O–H groups in total. The number of halogens is 2. The van der Waals surface area contributed by atoms with Crippen molar-refractivity contribution in [1.82, 2.24) is 15.1 Å². The Labute approximate surface area is 175 Å². The van der Waals surface area contributed by atoms with Gasteiger partial charge >= 0.3 is 0 Å². The molecular weight excluding hydrogens is 415 g/mol. The Morgan fingerprint density at radius 1 is 1.17 bits per heavy atom. The van der Waals surface area contributed by atoms with Gasteiger partial charge in [-0.15, -0.1) is 10.2 Å². The summed E-state index contributed by atoms with van der Waals surface area (Å²) in [4.78, 5) is 26.9. The molecule has 0 radical (unpaired) electrons. The maximum Gasteiger partial charge on any atom is 0.286 e. The molecule has 4 rings (SSSR count). The third-order valence-corrected chi connectivity index (χ3v) is 5.88. The van der Waals surface area contributed by atoms with Crippen LogP contribution in [0.15, 0.2) is 48.5 Å². The van der Waals surface area contributed by atoms with Crippen LogP contribution in [0.2, 0.25) is 5.02 Å². The molecule has 1 aromatic heterocycles. The monoisotopic (exact) mass is 430 g/mol. The lowest BCUT2D eigenvalue weighted by atomic mass is 10.1. The molecule has 0 saturated carbocycles. The van der Waals surface area contributed by atoms with E-state index >= 15 is 0 Å². The number of hydrogen-bond acceptors (Lipinski definition) is 5. The zero-order valence-electron chi connectivity index (χ0n) is 15.1. The molecule has 0 bridgehead atoms. The van der Waals surface area contributed by atoms with Gasteiger partial charge in [0.2, 0.25) is 5.01 Å². The van der Waals surface area contributed by atoms with Gasteiger partial charge in [-0.25, -0.2) is 4.39 Å². The molecule has 0 unspecified atom stereocenters. The van der Waals surface area contributed by atoms with Crippen LogP contribution in [0.3, 0.4) is 0 Å². The van der Waals surface area contributed by atoms with E-state index in [1.807, 2.05) is 0 Å². The molecule has 0 spiro atoms. The summed E-state index contributed by atoms with van der Waals surface area (Å²) in [6.07, 6.45) is 1.46. The minimum Gasteiger partial charge on any atom is -0.329 e. The maximum atomic E-state index is 14.0. The lowest BCUT2D eigenvalue weighted by Gasteiger charge is -2.23. The van der Waals surface area contributed by atoms with Crippen molar-refractivity contribution in [2.45, 2.75) is 18.9 Å². The maximum absolute atomic E-state index is 14.0. The summed E-state index contributed by atoms with van der Waals surface area (Å²) in [5.41, 5.74) is 0.583. The normalized spacial score (nSPS) is 16.1. The van der Waals surface area contributed by atoms with Crippen LogP contribution in [-0.2, 0) is 0 Å². The first-order valence-electron chi connectivity index (χ1n) is 8.99. The minimum absolute atomic E-state index is 0.0304. The van der Waals surface area contributed by atoms with Gasteiger partial charge in [-0.3, -0.25) is 9.59 Å². The van der Waals surface area contributed by atoms with Gasteiger partial charge in [0.25, 0.3) is 11.8 Å². The van der Waals surface area contributed by atoms with Crippen molar-refractivity contribution in [2.24, 2.45) is 0 Å². The summed E-state index contributed by atoms with van der Waals surface area (Å²) in [6, 6.07) is 12.4. The lowest BCUT2D eigenvalue weighted by molar-refractivity contribution is 0.0730. The number of nitrogens with one attached hydrogen (secondary N) is 1. The van der Waals surface area contributed by atoms with Gasteiger partial charge in [-0.05, 0) is 43.2 Å². The first kappa shape index (κ1) is 19.5. The van der Waals surface area contributed by atoms with Crippen molar-refractivity contribution >= 4 is 40.4 Å². The Hall–Kier alpha value is -2.84. The Morgan fingerprint density at radius 3 is 2.79 bits per heavy atom. The standard InChI is InChI=1S/C20H16ClFN4O2S/c21-12-5-3-6-13(11-12)23-17(27)19-25-24-18(29-19)16-9-4-10-26(16)20(28)14-7-1-2-8-15(14)22/h1-3,5-8,11,16H,4,9-10H2,(H,23,27)/t16-/m1/s1. The molecule has 1 saturated heterocycles. The van der Waals surface area contributed by atoms with Crippen LogP contribution in [0.4, 0.5) is 10.1 Å². The molecule has 1 fully saturated rings. The fourth-order valence-corrected chi connectivity index (χ4v) is 4.34. The number of carbonyl (C=O) groups excluding carboxylic acids is 2. The number of carbonyl (C=O) groups is 2. The van der Waals surface area contributed by atoms with Gasteiger partial charge in [-0.1, -0.05) is 41.1 Å². The van der Waals surface area contributed by atoms with E-state index in [-0.39, 0.29) is 22.5 Å². The molecule has 6 nitrogen and oxygen atoms in total. The van der Waals surface area contributed by atoms with Crippen LogP contribution < -0.4 is 5.32 Å². The van der Waals surface area contributed by atoms with Crippen molar-refractivity contribution < 1.29 is 14.0 Å². The fraction of sp³-hybridized carbons (Fsp3) is 0.200. The topological polar surface area (TPSA) is 75.2 Å². The van der Waals surface area contributed by atoms with Gasteiger partial charge in [0.05, 0.1) is 11.6 Å². The average molecular weight is 431 g/mol. The molecule has 3 aromatic rings. The number of benzene rings is 2. The molecule has 9 heteroatoms. The molecule has 29 heavy (non-hydrogen) atoms. The summed E-state index contributed by atoms with van der Waals surface area (Å²) in [5.74, 6) is -1.34. The second-order valence-corrected chi connectivity index (χ2v) is 7.99. The van der Waals surface area contributed by atoms with E-state index in [0.717, 1.165) is 17.8 Å². The smallest absolute Gasteiger partial charge is 0.286 e. The third-order valence-electron chi connectivity index (χ3n) is 4.62. The summed E-state index contributed by atoms with van der Waals surface area (Å²) in [6.45, 7) is 0.501. The molecular formula is C20H16ClFN4O2S. The highest BCUT2D eigenvalue weighted by Crippen LogP contribution is 2.35. The molecule has 2 heterocycles. The van der Waals surface area contributed by atoms with E-state index in [1.165, 1.54) is 12.1 Å². The Morgan fingerprint density at radius 2 is 2.00 bits per heavy atom. The highest BCUT2D eigenvalue weighted by Gasteiger charge is 2.34. The number of nitrogens with zero attached hydrogens (tertiary/aromatic N) is 3. The zero-order chi connectivity index (χ0) is 20.4. The third kappa shape index (κ3) is 4.13. The molecule has 148 valence electrons. The first-order chi connectivity index (χ1) is 14.0. The van der Waals surface area contributed by atoms with E-state index in [9.17, 15) is 14.0 Å². The van der Waals surface area contributed by atoms with E-state index in [2.05, 4.69) is 15.5 Å². The van der Waals surface area contributed by atoms with Crippen molar-refractivity contribution in [3.8, 4) is 0 Å². The number of rotatable bonds is 4. The number of aromatic nitrogens is 2. The van der Waals surface area contributed by atoms with E-state index in [4.69, 9.17) is 11.6 Å². The van der Waals surface area contributed by atoms with Crippen molar-refractivity contribution in [3.63, 3.8) is 0 Å². The molecule has 2 amide bonds. The van der Waals surface area contributed by atoms with Gasteiger partial charge in [0, 0.05) is 17.3 Å². The molecule has 2 aromatic carbocycles. The van der Waals surface area contributed by atoms with Crippen LogP contribution in [0.5, 0.6) is 0 Å². The number of amides is 2. The van der Waals surface area contributed by atoms with E-state index < -0.39 is 11.7 Å². The van der Waals surface area contributed by atoms with Gasteiger partial charge in [0.1, 0.15) is 10.8 Å². The summed E-state index contributed by atoms with van der Waals surface area (Å²) in [5, 5.41) is 12.1. The Bertz CT molecular complexity index is 1070. The van der Waals surface area contributed by atoms with Crippen LogP contribution in [0.1, 0.15) is 44.1 Å². The Kier molecular flexibility index (Phi) is 5.55. The largest absolute Gasteiger partial charge is 0.329 e. The second kappa shape index (κ2) is 8.26. The van der Waals surface area contributed by atoms with Crippen molar-refractivity contribution in [3.05, 3.63) is 74.9 Å². The predicted octanol–water partition coefficient (Wildman–Crippen LogP) is 4.56. The van der Waals surface area contributed by atoms with E-state index in [0.29, 0.717) is 28.7 Å². The number of anilines is 1. The number of likely N-dealkylation sites (tertiary alicyclic amines) is 1. The molecule has 0 aliphatic carbocycles. The van der Waals surface area contributed by atoms with Gasteiger partial charge < -0.3 is 10.2 Å². The van der Waals surface area contributed by atoms with E-state index in [1.54, 1.807) is 41.3 Å². The summed E-state index contributed by atoms with van der Waals surface area (Å²) < 4.78 is 14.0. The second-order valence-electron chi connectivity index (χ2n) is 6.55. The molecule has 1 aliphatic heterocycles. The van der Waals surface area contributed by atoms with Crippen molar-refractivity contribution in [2.75, 3.05) is 11.9 Å². The Balaban J connectivity index is 1.51. The van der Waals surface area contributed by atoms with Crippen molar-refractivity contribution in [1.29, 1.82) is 0 Å². The number of hydrogen-bond donors (Lipinski definition) is 1.